The summed E-state index contributed by atoms with van der Waals surface area (Å²) in [5.41, 5.74) is 0. The zero-order valence-corrected chi connectivity index (χ0v) is 10.2. The smallest absolute Gasteiger partial charge is 0.0200 e. The third-order valence-electron chi connectivity index (χ3n) is 4.34. The van der Waals surface area contributed by atoms with Crippen LogP contribution in [0.25, 0.3) is 0 Å². The Morgan fingerprint density at radius 3 is 1.93 bits per heavy atom. The van der Waals surface area contributed by atoms with E-state index in [1.54, 1.807) is 0 Å². The maximum atomic E-state index is 5.47. The number of rotatable bonds is 4. The lowest BCUT2D eigenvalue weighted by Crippen LogP contribution is -2.13. The molecule has 0 heteroatoms. The van der Waals surface area contributed by atoms with Crippen LogP contribution in [0.15, 0.2) is 0 Å². The van der Waals surface area contributed by atoms with Gasteiger partial charge in [0.15, 0.2) is 0 Å². The summed E-state index contributed by atoms with van der Waals surface area (Å²) < 4.78 is 0. The number of terminal acetylenes is 1. The largest absolute Gasteiger partial charge is 0.120 e. The second-order valence-corrected chi connectivity index (χ2v) is 5.48. The zero-order valence-electron chi connectivity index (χ0n) is 10.2. The Balaban J connectivity index is 2.43. The summed E-state index contributed by atoms with van der Waals surface area (Å²) in [7, 11) is 0. The Morgan fingerprint density at radius 2 is 1.50 bits per heavy atom. The molecule has 80 valence electrons. The summed E-state index contributed by atoms with van der Waals surface area (Å²) in [6.45, 7) is 11.6. The van der Waals surface area contributed by atoms with Crippen LogP contribution in [0, 0.1) is 47.9 Å². The molecule has 0 nitrogen and oxygen atoms in total. The Morgan fingerprint density at radius 1 is 1.00 bits per heavy atom. The van der Waals surface area contributed by atoms with Crippen molar-refractivity contribution in [2.45, 2.75) is 41.0 Å². The topological polar surface area (TPSA) is 0 Å². The maximum absolute atomic E-state index is 5.47. The molecule has 5 atom stereocenters. The van der Waals surface area contributed by atoms with E-state index in [1.165, 1.54) is 6.42 Å². The molecular weight excluding hydrogens is 168 g/mol. The molecule has 0 spiro atoms. The van der Waals surface area contributed by atoms with Gasteiger partial charge in [0.25, 0.3) is 0 Å². The average molecular weight is 192 g/mol. The monoisotopic (exact) mass is 192 g/mol. The van der Waals surface area contributed by atoms with Gasteiger partial charge in [0.1, 0.15) is 0 Å². The van der Waals surface area contributed by atoms with Crippen LogP contribution >= 0.6 is 0 Å². The van der Waals surface area contributed by atoms with Crippen LogP contribution in [0.4, 0.5) is 0 Å². The summed E-state index contributed by atoms with van der Waals surface area (Å²) >= 11 is 0. The highest BCUT2D eigenvalue weighted by Crippen LogP contribution is 2.52. The minimum absolute atomic E-state index is 0.448. The molecule has 0 radical (unpaired) electrons. The van der Waals surface area contributed by atoms with Gasteiger partial charge in [-0.05, 0) is 36.0 Å². The molecule has 14 heavy (non-hydrogen) atoms. The van der Waals surface area contributed by atoms with Gasteiger partial charge < -0.3 is 0 Å². The minimum atomic E-state index is 0.448. The second-order valence-electron chi connectivity index (χ2n) is 5.48. The molecule has 5 unspecified atom stereocenters. The Bertz CT molecular complexity index is 221. The Hall–Kier alpha value is -0.440. The van der Waals surface area contributed by atoms with E-state index in [2.05, 4.69) is 40.5 Å². The van der Waals surface area contributed by atoms with E-state index in [0.717, 1.165) is 23.7 Å². The highest BCUT2D eigenvalue weighted by Gasteiger charge is 2.45. The molecule has 0 saturated heterocycles. The summed E-state index contributed by atoms with van der Waals surface area (Å²) in [6.07, 6.45) is 6.88. The van der Waals surface area contributed by atoms with Crippen LogP contribution < -0.4 is 0 Å². The van der Waals surface area contributed by atoms with Crippen LogP contribution in [-0.4, -0.2) is 0 Å². The van der Waals surface area contributed by atoms with Gasteiger partial charge in [-0.2, -0.15) is 0 Å². The fourth-order valence-corrected chi connectivity index (χ4v) is 2.46. The zero-order chi connectivity index (χ0) is 10.9. The quantitative estimate of drug-likeness (QED) is 0.594. The molecule has 0 aromatic carbocycles. The molecule has 1 aliphatic rings. The van der Waals surface area contributed by atoms with Gasteiger partial charge in [0.2, 0.25) is 0 Å². The normalized spacial score (nSPS) is 32.1. The van der Waals surface area contributed by atoms with E-state index >= 15 is 0 Å². The van der Waals surface area contributed by atoms with Gasteiger partial charge in [-0.25, -0.2) is 0 Å². The van der Waals surface area contributed by atoms with Gasteiger partial charge in [-0.15, -0.1) is 12.3 Å². The molecular formula is C14H24. The fraction of sp³-hybridized carbons (Fsp3) is 0.857. The minimum Gasteiger partial charge on any atom is -0.120 e. The summed E-state index contributed by atoms with van der Waals surface area (Å²) in [6, 6.07) is 0. The molecule has 0 amide bonds. The number of hydrogen-bond acceptors (Lipinski definition) is 0. The predicted octanol–water partition coefficient (Wildman–Crippen LogP) is 3.82. The van der Waals surface area contributed by atoms with Crippen LogP contribution in [0.1, 0.15) is 41.0 Å². The van der Waals surface area contributed by atoms with E-state index in [9.17, 15) is 0 Å². The van der Waals surface area contributed by atoms with Crippen LogP contribution in [0.2, 0.25) is 0 Å². The second kappa shape index (κ2) is 4.39. The van der Waals surface area contributed by atoms with Crippen molar-refractivity contribution in [3.05, 3.63) is 0 Å². The van der Waals surface area contributed by atoms with E-state index in [1.807, 2.05) is 0 Å². The molecule has 0 aliphatic heterocycles. The molecule has 0 bridgehead atoms. The van der Waals surface area contributed by atoms with Crippen molar-refractivity contribution < 1.29 is 0 Å². The van der Waals surface area contributed by atoms with Gasteiger partial charge in [0.05, 0.1) is 0 Å². The van der Waals surface area contributed by atoms with Crippen LogP contribution in [0.5, 0.6) is 0 Å². The molecule has 0 aromatic heterocycles. The van der Waals surface area contributed by atoms with Crippen molar-refractivity contribution in [2.75, 3.05) is 0 Å². The molecule has 1 saturated carbocycles. The predicted molar refractivity (Wildman–Crippen MR) is 62.8 cm³/mol. The third kappa shape index (κ3) is 2.32. The third-order valence-corrected chi connectivity index (χ3v) is 4.34. The molecule has 1 aliphatic carbocycles. The first-order valence-electron chi connectivity index (χ1n) is 5.95. The average Bonchev–Trinajstić information content (AvgIpc) is 2.93. The van der Waals surface area contributed by atoms with Crippen molar-refractivity contribution >= 4 is 0 Å². The van der Waals surface area contributed by atoms with E-state index in [0.29, 0.717) is 11.8 Å². The molecule has 0 aromatic rings. The molecule has 0 heterocycles. The van der Waals surface area contributed by atoms with E-state index in [4.69, 9.17) is 6.42 Å². The lowest BCUT2D eigenvalue weighted by atomic mass is 9.86. The SMILES string of the molecule is C#CC(C)C(C)C1CC1C(C)C(C)C. The standard InChI is InChI=1S/C14H24/c1-7-10(4)12(6)14-8-13(14)11(5)9(2)3/h1,9-14H,8H2,2-6H3. The van der Waals surface area contributed by atoms with Crippen molar-refractivity contribution in [3.8, 4) is 12.3 Å². The van der Waals surface area contributed by atoms with Crippen molar-refractivity contribution in [1.29, 1.82) is 0 Å². The molecule has 1 fully saturated rings. The maximum Gasteiger partial charge on any atom is 0.0200 e. The number of hydrogen-bond donors (Lipinski definition) is 0. The fourth-order valence-electron chi connectivity index (χ4n) is 2.46. The van der Waals surface area contributed by atoms with Crippen molar-refractivity contribution in [1.82, 2.24) is 0 Å². The van der Waals surface area contributed by atoms with Crippen LogP contribution in [0.3, 0.4) is 0 Å². The van der Waals surface area contributed by atoms with Gasteiger partial charge >= 0.3 is 0 Å². The first kappa shape index (κ1) is 11.6. The van der Waals surface area contributed by atoms with Crippen molar-refractivity contribution in [3.63, 3.8) is 0 Å². The highest BCUT2D eigenvalue weighted by molar-refractivity contribution is 5.01. The van der Waals surface area contributed by atoms with E-state index in [-0.39, 0.29) is 0 Å². The first-order chi connectivity index (χ1) is 6.49. The first-order valence-corrected chi connectivity index (χ1v) is 5.95. The summed E-state index contributed by atoms with van der Waals surface area (Å²) in [5, 5.41) is 0. The summed E-state index contributed by atoms with van der Waals surface area (Å²) in [4.78, 5) is 0. The van der Waals surface area contributed by atoms with Gasteiger partial charge in [-0.1, -0.05) is 34.6 Å². The van der Waals surface area contributed by atoms with E-state index < -0.39 is 0 Å². The van der Waals surface area contributed by atoms with Gasteiger partial charge in [-0.3, -0.25) is 0 Å². The lowest BCUT2D eigenvalue weighted by Gasteiger charge is -2.19. The molecule has 1 rings (SSSR count). The van der Waals surface area contributed by atoms with Gasteiger partial charge in [0, 0.05) is 5.92 Å². The molecule has 0 N–H and O–H groups in total. The van der Waals surface area contributed by atoms with Crippen LogP contribution in [-0.2, 0) is 0 Å². The Kier molecular flexibility index (Phi) is 3.65. The highest BCUT2D eigenvalue weighted by atomic mass is 14.5. The van der Waals surface area contributed by atoms with Crippen molar-refractivity contribution in [2.24, 2.45) is 35.5 Å². The Labute approximate surface area is 89.5 Å². The lowest BCUT2D eigenvalue weighted by molar-refractivity contribution is 0.310. The summed E-state index contributed by atoms with van der Waals surface area (Å²) in [5.74, 6) is 7.57.